The summed E-state index contributed by atoms with van der Waals surface area (Å²) < 4.78 is 4.54. The lowest BCUT2D eigenvalue weighted by Crippen LogP contribution is -2.02. The second-order valence-corrected chi connectivity index (χ2v) is 2.56. The Balaban J connectivity index is 0.000000791. The average molecular weight is 195 g/mol. The molecule has 0 heterocycles. The molecule has 1 aromatic rings. The molecule has 0 unspecified atom stereocenters. The molecule has 2 N–H and O–H groups in total. The summed E-state index contributed by atoms with van der Waals surface area (Å²) in [6.07, 6.45) is 0. The van der Waals surface area contributed by atoms with E-state index >= 15 is 0 Å². The molecule has 78 valence electrons. The third-order valence-electron chi connectivity index (χ3n) is 1.70. The molecule has 0 saturated carbocycles. The summed E-state index contributed by atoms with van der Waals surface area (Å²) >= 11 is 0. The fourth-order valence-corrected chi connectivity index (χ4v) is 0.885. The van der Waals surface area contributed by atoms with Crippen LogP contribution < -0.4 is 5.73 Å². The second kappa shape index (κ2) is 6.02. The number of anilines is 1. The summed E-state index contributed by atoms with van der Waals surface area (Å²) in [6.45, 7) is 5.89. The van der Waals surface area contributed by atoms with Crippen LogP contribution in [0, 0.1) is 6.92 Å². The van der Waals surface area contributed by atoms with E-state index < -0.39 is 0 Å². The molecule has 0 radical (unpaired) electrons. The van der Waals surface area contributed by atoms with Crippen molar-refractivity contribution in [3.63, 3.8) is 0 Å². The van der Waals surface area contributed by atoms with Gasteiger partial charge < -0.3 is 10.5 Å². The Kier molecular flexibility index (Phi) is 5.37. The summed E-state index contributed by atoms with van der Waals surface area (Å²) in [5.74, 6) is -0.360. The highest BCUT2D eigenvalue weighted by Gasteiger charge is 2.05. The van der Waals surface area contributed by atoms with Crippen LogP contribution in [0.2, 0.25) is 0 Å². The standard InChI is InChI=1S/C9H11NO2.C2H6/c1-6-3-4-7(5-8(6)10)9(11)12-2;1-2/h3-5H,10H2,1-2H3;1-2H3. The smallest absolute Gasteiger partial charge is 0.337 e. The van der Waals surface area contributed by atoms with Gasteiger partial charge in [0.2, 0.25) is 0 Å². The zero-order valence-electron chi connectivity index (χ0n) is 9.13. The summed E-state index contributed by atoms with van der Waals surface area (Å²) in [5, 5.41) is 0. The second-order valence-electron chi connectivity index (χ2n) is 2.56. The van der Waals surface area contributed by atoms with Crippen LogP contribution >= 0.6 is 0 Å². The zero-order chi connectivity index (χ0) is 11.1. The number of benzene rings is 1. The molecule has 0 amide bonds. The summed E-state index contributed by atoms with van der Waals surface area (Å²) in [7, 11) is 1.35. The predicted octanol–water partition coefficient (Wildman–Crippen LogP) is 2.39. The maximum atomic E-state index is 11.0. The number of rotatable bonds is 1. The SMILES string of the molecule is CC.COC(=O)c1ccc(C)c(N)c1. The van der Waals surface area contributed by atoms with Crippen LogP contribution in [0.3, 0.4) is 0 Å². The van der Waals surface area contributed by atoms with Crippen LogP contribution in [0.15, 0.2) is 18.2 Å². The number of hydrogen-bond acceptors (Lipinski definition) is 3. The van der Waals surface area contributed by atoms with Crippen molar-refractivity contribution < 1.29 is 9.53 Å². The van der Waals surface area contributed by atoms with Gasteiger partial charge in [0.15, 0.2) is 0 Å². The quantitative estimate of drug-likeness (QED) is 0.553. The van der Waals surface area contributed by atoms with Crippen LogP contribution in [0.5, 0.6) is 0 Å². The van der Waals surface area contributed by atoms with E-state index in [2.05, 4.69) is 4.74 Å². The molecular formula is C11H17NO2. The minimum atomic E-state index is -0.360. The molecule has 1 rings (SSSR count). The topological polar surface area (TPSA) is 52.3 Å². The third-order valence-corrected chi connectivity index (χ3v) is 1.70. The number of carbonyl (C=O) groups is 1. The molecule has 3 nitrogen and oxygen atoms in total. The summed E-state index contributed by atoms with van der Waals surface area (Å²) in [4.78, 5) is 11.0. The van der Waals surface area contributed by atoms with Gasteiger partial charge in [-0.15, -0.1) is 0 Å². The summed E-state index contributed by atoms with van der Waals surface area (Å²) in [6, 6.07) is 5.10. The molecule has 3 heteroatoms. The van der Waals surface area contributed by atoms with Crippen LogP contribution in [0.1, 0.15) is 29.8 Å². The first-order chi connectivity index (χ1) is 6.65. The van der Waals surface area contributed by atoms with Crippen molar-refractivity contribution in [3.8, 4) is 0 Å². The van der Waals surface area contributed by atoms with Gasteiger partial charge in [0.1, 0.15) is 0 Å². The van der Waals surface area contributed by atoms with Gasteiger partial charge in [0.05, 0.1) is 12.7 Å². The maximum Gasteiger partial charge on any atom is 0.337 e. The van der Waals surface area contributed by atoms with Gasteiger partial charge in [-0.25, -0.2) is 4.79 Å². The van der Waals surface area contributed by atoms with Crippen molar-refractivity contribution in [1.29, 1.82) is 0 Å². The molecule has 0 aliphatic carbocycles. The van der Waals surface area contributed by atoms with E-state index in [1.165, 1.54) is 7.11 Å². The van der Waals surface area contributed by atoms with Crippen molar-refractivity contribution in [2.45, 2.75) is 20.8 Å². The normalized spacial score (nSPS) is 8.57. The van der Waals surface area contributed by atoms with E-state index in [-0.39, 0.29) is 5.97 Å². The van der Waals surface area contributed by atoms with Crippen molar-refractivity contribution in [3.05, 3.63) is 29.3 Å². The molecule has 0 aliphatic rings. The molecule has 14 heavy (non-hydrogen) atoms. The highest BCUT2D eigenvalue weighted by Crippen LogP contribution is 2.13. The minimum absolute atomic E-state index is 0.360. The number of nitrogen functional groups attached to an aromatic ring is 1. The minimum Gasteiger partial charge on any atom is -0.465 e. The first-order valence-electron chi connectivity index (χ1n) is 4.59. The molecule has 0 atom stereocenters. The van der Waals surface area contributed by atoms with Crippen molar-refractivity contribution >= 4 is 11.7 Å². The molecule has 0 spiro atoms. The van der Waals surface area contributed by atoms with Crippen LogP contribution in [0.4, 0.5) is 5.69 Å². The Hall–Kier alpha value is -1.51. The van der Waals surface area contributed by atoms with Crippen molar-refractivity contribution in [2.75, 3.05) is 12.8 Å². The van der Waals surface area contributed by atoms with Crippen LogP contribution in [-0.2, 0) is 4.74 Å². The van der Waals surface area contributed by atoms with Crippen molar-refractivity contribution in [1.82, 2.24) is 0 Å². The molecule has 0 saturated heterocycles. The Bertz CT molecular complexity index is 308. The van der Waals surface area contributed by atoms with E-state index in [0.717, 1.165) is 5.56 Å². The number of carbonyl (C=O) groups excluding carboxylic acids is 1. The Labute approximate surface area is 84.9 Å². The predicted molar refractivity (Wildman–Crippen MR) is 58.3 cm³/mol. The molecular weight excluding hydrogens is 178 g/mol. The average Bonchev–Trinajstić information content (AvgIpc) is 2.24. The van der Waals surface area contributed by atoms with Gasteiger partial charge in [-0.1, -0.05) is 19.9 Å². The van der Waals surface area contributed by atoms with E-state index in [4.69, 9.17) is 5.73 Å². The fourth-order valence-electron chi connectivity index (χ4n) is 0.885. The van der Waals surface area contributed by atoms with Gasteiger partial charge in [0, 0.05) is 5.69 Å². The lowest BCUT2D eigenvalue weighted by atomic mass is 10.1. The zero-order valence-corrected chi connectivity index (χ0v) is 9.13. The number of methoxy groups -OCH3 is 1. The maximum absolute atomic E-state index is 11.0. The van der Waals surface area contributed by atoms with Gasteiger partial charge in [-0.2, -0.15) is 0 Å². The fraction of sp³-hybridized carbons (Fsp3) is 0.364. The molecule has 0 fully saturated rings. The number of esters is 1. The Morgan fingerprint density at radius 3 is 2.36 bits per heavy atom. The first-order valence-corrected chi connectivity index (χ1v) is 4.59. The van der Waals surface area contributed by atoms with Gasteiger partial charge in [-0.3, -0.25) is 0 Å². The molecule has 0 aliphatic heterocycles. The number of aryl methyl sites for hydroxylation is 1. The lowest BCUT2D eigenvalue weighted by Gasteiger charge is -2.02. The summed E-state index contributed by atoms with van der Waals surface area (Å²) in [5.41, 5.74) is 7.66. The van der Waals surface area contributed by atoms with Gasteiger partial charge in [0.25, 0.3) is 0 Å². The Morgan fingerprint density at radius 2 is 1.93 bits per heavy atom. The highest BCUT2D eigenvalue weighted by atomic mass is 16.5. The Morgan fingerprint density at radius 1 is 1.36 bits per heavy atom. The van der Waals surface area contributed by atoms with E-state index in [1.54, 1.807) is 18.2 Å². The highest BCUT2D eigenvalue weighted by molar-refractivity contribution is 5.90. The number of hydrogen-bond donors (Lipinski definition) is 1. The van der Waals surface area contributed by atoms with Crippen molar-refractivity contribution in [2.24, 2.45) is 0 Å². The largest absolute Gasteiger partial charge is 0.465 e. The third kappa shape index (κ3) is 3.09. The van der Waals surface area contributed by atoms with Crippen LogP contribution in [0.25, 0.3) is 0 Å². The number of ether oxygens (including phenoxy) is 1. The van der Waals surface area contributed by atoms with Crippen LogP contribution in [-0.4, -0.2) is 13.1 Å². The van der Waals surface area contributed by atoms with E-state index in [1.807, 2.05) is 20.8 Å². The number of nitrogens with two attached hydrogens (primary N) is 1. The van der Waals surface area contributed by atoms with Gasteiger partial charge >= 0.3 is 5.97 Å². The van der Waals surface area contributed by atoms with E-state index in [9.17, 15) is 4.79 Å². The molecule has 1 aromatic carbocycles. The van der Waals surface area contributed by atoms with E-state index in [0.29, 0.717) is 11.3 Å². The molecule has 0 aromatic heterocycles. The lowest BCUT2D eigenvalue weighted by molar-refractivity contribution is 0.0601. The first kappa shape index (κ1) is 12.5. The monoisotopic (exact) mass is 195 g/mol. The molecule has 0 bridgehead atoms. The van der Waals surface area contributed by atoms with Gasteiger partial charge in [-0.05, 0) is 24.6 Å².